The summed E-state index contributed by atoms with van der Waals surface area (Å²) in [5.41, 5.74) is 5.35. The van der Waals surface area contributed by atoms with Gasteiger partial charge in [-0.25, -0.2) is 4.79 Å². The lowest BCUT2D eigenvalue weighted by Gasteiger charge is -2.19. The van der Waals surface area contributed by atoms with Crippen LogP contribution in [0.1, 0.15) is 6.42 Å². The molecule has 0 aromatic heterocycles. The molecule has 0 bridgehead atoms. The van der Waals surface area contributed by atoms with Gasteiger partial charge in [-0.05, 0) is 6.42 Å². The topological polar surface area (TPSA) is 157 Å². The van der Waals surface area contributed by atoms with Gasteiger partial charge in [-0.3, -0.25) is 0 Å². The van der Waals surface area contributed by atoms with Crippen molar-refractivity contribution in [2.24, 2.45) is 5.73 Å². The molecule has 2 fully saturated rings. The molecule has 9 nitrogen and oxygen atoms in total. The minimum absolute atomic E-state index is 0.149. The molecule has 106 valence electrons. The lowest BCUT2D eigenvalue weighted by Crippen LogP contribution is -2.53. The average Bonchev–Trinajstić information content (AvgIpc) is 2.57. The van der Waals surface area contributed by atoms with Crippen LogP contribution in [0.25, 0.3) is 0 Å². The summed E-state index contributed by atoms with van der Waals surface area (Å²) in [5.74, 6) is 0. The van der Waals surface area contributed by atoms with E-state index in [9.17, 15) is 4.79 Å². The molecular formula is C9H19N3O6. The minimum Gasteiger partial charge on any atom is -0.394 e. The first kappa shape index (κ1) is 15.1. The van der Waals surface area contributed by atoms with Crippen LogP contribution < -0.4 is 16.4 Å². The van der Waals surface area contributed by atoms with Gasteiger partial charge in [-0.1, -0.05) is 0 Å². The van der Waals surface area contributed by atoms with Crippen molar-refractivity contribution in [2.45, 2.75) is 37.2 Å². The maximum absolute atomic E-state index is 10.4. The highest BCUT2D eigenvalue weighted by Crippen LogP contribution is 2.18. The number of aliphatic hydroxyl groups excluding tert-OH is 4. The van der Waals surface area contributed by atoms with Crippen LogP contribution in [0.4, 0.5) is 4.79 Å². The summed E-state index contributed by atoms with van der Waals surface area (Å²) in [4.78, 5) is 10.4. The summed E-state index contributed by atoms with van der Waals surface area (Å²) in [6, 6.07) is -0.163. The Hall–Kier alpha value is -0.970. The normalized spacial score (nSPS) is 39.4. The standard InChI is InChI=1S/C5H10O5.C4H9N3O/c6-1-2-3(7)4(8)5(9)10-2;5-3-1-2-6-4(8)7-3/h2-9H,1H2;3H,1-2,5H2,(H2,6,7,8)/t2-,3-,4+,5?;/m1./s1. The zero-order valence-corrected chi connectivity index (χ0v) is 9.69. The van der Waals surface area contributed by atoms with Gasteiger partial charge in [0, 0.05) is 6.54 Å². The van der Waals surface area contributed by atoms with Crippen molar-refractivity contribution in [3.05, 3.63) is 0 Å². The molecule has 18 heavy (non-hydrogen) atoms. The van der Waals surface area contributed by atoms with E-state index in [0.29, 0.717) is 6.54 Å². The van der Waals surface area contributed by atoms with Gasteiger partial charge in [0.15, 0.2) is 6.29 Å². The highest BCUT2D eigenvalue weighted by molar-refractivity contribution is 5.74. The molecule has 2 rings (SSSR count). The predicted octanol–water partition coefficient (Wildman–Crippen LogP) is -3.61. The van der Waals surface area contributed by atoms with E-state index in [4.69, 9.17) is 26.2 Å². The van der Waals surface area contributed by atoms with Crippen LogP contribution in [0, 0.1) is 0 Å². The molecule has 0 aromatic rings. The highest BCUT2D eigenvalue weighted by Gasteiger charge is 2.41. The maximum Gasteiger partial charge on any atom is 0.316 e. The van der Waals surface area contributed by atoms with E-state index in [0.717, 1.165) is 6.42 Å². The van der Waals surface area contributed by atoms with E-state index in [2.05, 4.69) is 15.4 Å². The van der Waals surface area contributed by atoms with Crippen LogP contribution in [0.2, 0.25) is 0 Å². The predicted molar refractivity (Wildman–Crippen MR) is 59.1 cm³/mol. The van der Waals surface area contributed by atoms with Crippen molar-refractivity contribution in [1.29, 1.82) is 0 Å². The molecule has 2 unspecified atom stereocenters. The summed E-state index contributed by atoms with van der Waals surface area (Å²) in [7, 11) is 0. The number of carbonyl (C=O) groups excluding carboxylic acids is 1. The van der Waals surface area contributed by atoms with Crippen molar-refractivity contribution in [3.8, 4) is 0 Å². The largest absolute Gasteiger partial charge is 0.394 e. The summed E-state index contributed by atoms with van der Waals surface area (Å²) in [6.45, 7) is 0.280. The van der Waals surface area contributed by atoms with Gasteiger partial charge in [0.25, 0.3) is 0 Å². The van der Waals surface area contributed by atoms with Gasteiger partial charge < -0.3 is 41.5 Å². The molecule has 0 aromatic carbocycles. The summed E-state index contributed by atoms with van der Waals surface area (Å²) < 4.78 is 4.54. The second-order valence-electron chi connectivity index (χ2n) is 4.02. The lowest BCUT2D eigenvalue weighted by atomic mass is 10.1. The maximum atomic E-state index is 10.4. The molecule has 2 aliphatic heterocycles. The quantitative estimate of drug-likeness (QED) is 0.258. The van der Waals surface area contributed by atoms with Crippen LogP contribution in [0.5, 0.6) is 0 Å². The van der Waals surface area contributed by atoms with Crippen LogP contribution in [-0.2, 0) is 4.74 Å². The zero-order chi connectivity index (χ0) is 13.7. The third-order valence-electron chi connectivity index (χ3n) is 2.57. The van der Waals surface area contributed by atoms with E-state index in [-0.39, 0.29) is 12.2 Å². The molecule has 0 radical (unpaired) electrons. The third kappa shape index (κ3) is 4.05. The monoisotopic (exact) mass is 265 g/mol. The van der Waals surface area contributed by atoms with E-state index in [1.807, 2.05) is 0 Å². The number of carbonyl (C=O) groups is 1. The van der Waals surface area contributed by atoms with Crippen LogP contribution in [-0.4, -0.2) is 70.4 Å². The van der Waals surface area contributed by atoms with E-state index >= 15 is 0 Å². The number of aliphatic hydroxyl groups is 4. The fourth-order valence-corrected chi connectivity index (χ4v) is 1.51. The van der Waals surface area contributed by atoms with Crippen molar-refractivity contribution in [1.82, 2.24) is 10.6 Å². The minimum atomic E-state index is -1.38. The molecule has 2 aliphatic rings. The Balaban J connectivity index is 0.000000184. The number of hydrogen-bond donors (Lipinski definition) is 7. The molecule has 2 heterocycles. The molecule has 0 aliphatic carbocycles. The Morgan fingerprint density at radius 1 is 1.33 bits per heavy atom. The molecule has 8 N–H and O–H groups in total. The summed E-state index contributed by atoms with van der Waals surface area (Å²) in [5, 5.41) is 40.0. The fraction of sp³-hybridized carbons (Fsp3) is 0.889. The number of hydrogen-bond acceptors (Lipinski definition) is 7. The molecule has 9 heteroatoms. The third-order valence-corrected chi connectivity index (χ3v) is 2.57. The van der Waals surface area contributed by atoms with Gasteiger partial charge in [0.1, 0.15) is 18.3 Å². The van der Waals surface area contributed by atoms with Crippen LogP contribution in [0.15, 0.2) is 0 Å². The van der Waals surface area contributed by atoms with Gasteiger partial charge in [0.2, 0.25) is 0 Å². The number of rotatable bonds is 1. The first-order chi connectivity index (χ1) is 8.45. The highest BCUT2D eigenvalue weighted by atomic mass is 16.6. The number of amides is 2. The zero-order valence-electron chi connectivity index (χ0n) is 9.69. The van der Waals surface area contributed by atoms with E-state index in [1.165, 1.54) is 0 Å². The van der Waals surface area contributed by atoms with Gasteiger partial charge in [-0.2, -0.15) is 0 Å². The molecule has 0 spiro atoms. The SMILES string of the molecule is NC1CCNC(=O)N1.OC[C@H]1OC(O)[C@@H](O)[C@@H]1O. The summed E-state index contributed by atoms with van der Waals surface area (Å²) >= 11 is 0. The average molecular weight is 265 g/mol. The molecule has 2 amide bonds. The Morgan fingerprint density at radius 3 is 2.28 bits per heavy atom. The Kier molecular flexibility index (Phi) is 5.72. The Labute approximate surface area is 104 Å². The Bertz CT molecular complexity index is 279. The first-order valence-corrected chi connectivity index (χ1v) is 5.56. The number of urea groups is 1. The van der Waals surface area contributed by atoms with E-state index in [1.54, 1.807) is 0 Å². The van der Waals surface area contributed by atoms with Gasteiger partial charge in [0.05, 0.1) is 12.8 Å². The van der Waals surface area contributed by atoms with Gasteiger partial charge in [-0.15, -0.1) is 0 Å². The lowest BCUT2D eigenvalue weighted by molar-refractivity contribution is -0.132. The second-order valence-corrected chi connectivity index (χ2v) is 4.02. The van der Waals surface area contributed by atoms with Crippen LogP contribution >= 0.6 is 0 Å². The van der Waals surface area contributed by atoms with Crippen molar-refractivity contribution in [3.63, 3.8) is 0 Å². The molecule has 5 atom stereocenters. The number of nitrogens with one attached hydrogen (secondary N) is 2. The smallest absolute Gasteiger partial charge is 0.316 e. The summed E-state index contributed by atoms with van der Waals surface area (Å²) in [6.07, 6.45) is -4.09. The van der Waals surface area contributed by atoms with Crippen molar-refractivity contribution < 1.29 is 30.0 Å². The Morgan fingerprint density at radius 2 is 2.00 bits per heavy atom. The van der Waals surface area contributed by atoms with Gasteiger partial charge >= 0.3 is 6.03 Å². The first-order valence-electron chi connectivity index (χ1n) is 5.56. The molecule has 0 saturated carbocycles. The van der Waals surface area contributed by atoms with Crippen LogP contribution in [0.3, 0.4) is 0 Å². The molecule has 2 saturated heterocycles. The fourth-order valence-electron chi connectivity index (χ4n) is 1.51. The second kappa shape index (κ2) is 6.83. The molecular weight excluding hydrogens is 246 g/mol. The number of nitrogens with two attached hydrogens (primary N) is 1. The van der Waals surface area contributed by atoms with Crippen molar-refractivity contribution >= 4 is 6.03 Å². The number of ether oxygens (including phenoxy) is 1. The van der Waals surface area contributed by atoms with E-state index < -0.39 is 31.2 Å². The van der Waals surface area contributed by atoms with Crippen molar-refractivity contribution in [2.75, 3.05) is 13.2 Å².